The monoisotopic (exact) mass is 469 g/mol. The molecule has 1 amide bonds. The van der Waals surface area contributed by atoms with Gasteiger partial charge in [-0.05, 0) is 49.2 Å². The second-order valence-electron chi connectivity index (χ2n) is 7.12. The van der Waals surface area contributed by atoms with E-state index in [0.29, 0.717) is 36.2 Å². The largest absolute Gasteiger partial charge is 0.376 e. The van der Waals surface area contributed by atoms with Crippen molar-refractivity contribution in [3.05, 3.63) is 48.5 Å². The first-order valence-electron chi connectivity index (χ1n) is 10.0. The lowest BCUT2D eigenvalue weighted by atomic mass is 10.2. The highest BCUT2D eigenvalue weighted by Crippen LogP contribution is 2.31. The molecule has 31 heavy (non-hydrogen) atoms. The van der Waals surface area contributed by atoms with Crippen molar-refractivity contribution in [2.75, 3.05) is 30.3 Å². The van der Waals surface area contributed by atoms with Crippen LogP contribution in [0.15, 0.2) is 58.3 Å². The zero-order valence-electron chi connectivity index (χ0n) is 16.9. The van der Waals surface area contributed by atoms with E-state index < -0.39 is 21.7 Å². The number of anilines is 2. The fraction of sp³-hybridized carbons (Fsp3) is 0.381. The molecule has 0 aromatic heterocycles. The number of benzene rings is 2. The van der Waals surface area contributed by atoms with E-state index in [1.54, 1.807) is 30.3 Å². The minimum absolute atomic E-state index is 0.0914. The lowest BCUT2D eigenvalue weighted by Gasteiger charge is -2.20. The summed E-state index contributed by atoms with van der Waals surface area (Å²) in [5.41, 5.74) is 0.902. The van der Waals surface area contributed by atoms with Crippen molar-refractivity contribution in [2.24, 2.45) is 0 Å². The smallest absolute Gasteiger partial charge is 0.288 e. The average molecular weight is 470 g/mol. The Bertz CT molecular complexity index is 978. The summed E-state index contributed by atoms with van der Waals surface area (Å²) in [6.07, 6.45) is 3.82. The molecular formula is C21H25F2N3O3S2. The highest BCUT2D eigenvalue weighted by molar-refractivity contribution is 7.99. The molecule has 1 aliphatic heterocycles. The predicted octanol–water partition coefficient (Wildman–Crippen LogP) is 4.62. The Labute approximate surface area is 185 Å². The number of para-hydroxylation sites is 1. The molecule has 0 saturated carbocycles. The molecule has 1 heterocycles. The van der Waals surface area contributed by atoms with Crippen LogP contribution in [0.4, 0.5) is 20.2 Å². The van der Waals surface area contributed by atoms with Crippen LogP contribution in [0.3, 0.4) is 0 Å². The number of alkyl halides is 2. The summed E-state index contributed by atoms with van der Waals surface area (Å²) in [4.78, 5) is 12.7. The first-order chi connectivity index (χ1) is 14.9. The molecule has 2 N–H and O–H groups in total. The molecule has 0 bridgehead atoms. The van der Waals surface area contributed by atoms with Crippen LogP contribution in [0, 0.1) is 0 Å². The van der Waals surface area contributed by atoms with Gasteiger partial charge in [0.1, 0.15) is 0 Å². The van der Waals surface area contributed by atoms with Gasteiger partial charge in [0.15, 0.2) is 0 Å². The molecular weight excluding hydrogens is 444 g/mol. The van der Waals surface area contributed by atoms with E-state index in [4.69, 9.17) is 0 Å². The quantitative estimate of drug-likeness (QED) is 0.552. The summed E-state index contributed by atoms with van der Waals surface area (Å²) < 4.78 is 52.5. The first kappa shape index (κ1) is 23.5. The van der Waals surface area contributed by atoms with Gasteiger partial charge < -0.3 is 10.6 Å². The minimum atomic E-state index is -3.53. The highest BCUT2D eigenvalue weighted by atomic mass is 32.2. The molecule has 2 aromatic carbocycles. The molecule has 1 saturated heterocycles. The molecule has 2 aromatic rings. The lowest BCUT2D eigenvalue weighted by Crippen LogP contribution is -2.31. The molecule has 10 heteroatoms. The maximum Gasteiger partial charge on any atom is 0.288 e. The summed E-state index contributed by atoms with van der Waals surface area (Å²) in [7, 11) is -3.53. The van der Waals surface area contributed by atoms with E-state index >= 15 is 0 Å². The number of carbonyl (C=O) groups excluding carboxylic acids is 1. The van der Waals surface area contributed by atoms with Crippen LogP contribution in [-0.2, 0) is 14.8 Å². The number of amides is 1. The number of hydrogen-bond acceptors (Lipinski definition) is 5. The van der Waals surface area contributed by atoms with Crippen molar-refractivity contribution < 1.29 is 22.0 Å². The average Bonchev–Trinajstić information content (AvgIpc) is 3.04. The number of thioether (sulfide) groups is 1. The van der Waals surface area contributed by atoms with Crippen molar-refractivity contribution in [2.45, 2.75) is 41.2 Å². The summed E-state index contributed by atoms with van der Waals surface area (Å²) >= 11 is 0.369. The number of carbonyl (C=O) groups is 1. The van der Waals surface area contributed by atoms with Gasteiger partial charge in [-0.3, -0.25) is 4.79 Å². The van der Waals surface area contributed by atoms with E-state index in [0.717, 1.165) is 25.7 Å². The maximum absolute atomic E-state index is 12.8. The van der Waals surface area contributed by atoms with Crippen LogP contribution in [-0.4, -0.2) is 44.0 Å². The van der Waals surface area contributed by atoms with Crippen molar-refractivity contribution in [1.29, 1.82) is 0 Å². The second kappa shape index (κ2) is 10.9. The number of nitrogens with one attached hydrogen (secondary N) is 2. The van der Waals surface area contributed by atoms with Crippen molar-refractivity contribution in [3.8, 4) is 0 Å². The molecule has 0 atom stereocenters. The van der Waals surface area contributed by atoms with Crippen LogP contribution in [0.5, 0.6) is 0 Å². The van der Waals surface area contributed by atoms with Gasteiger partial charge in [-0.25, -0.2) is 8.42 Å². The van der Waals surface area contributed by atoms with E-state index in [2.05, 4.69) is 10.6 Å². The number of sulfonamides is 1. The van der Waals surface area contributed by atoms with Gasteiger partial charge in [-0.2, -0.15) is 13.1 Å². The Balaban J connectivity index is 1.57. The number of hydrogen-bond donors (Lipinski definition) is 2. The Morgan fingerprint density at radius 2 is 1.65 bits per heavy atom. The summed E-state index contributed by atoms with van der Waals surface area (Å²) in [5.74, 6) is -2.98. The predicted molar refractivity (Wildman–Crippen MR) is 119 cm³/mol. The van der Waals surface area contributed by atoms with Gasteiger partial charge in [0.2, 0.25) is 15.9 Å². The normalized spacial score (nSPS) is 15.5. The number of rotatable bonds is 8. The van der Waals surface area contributed by atoms with Crippen molar-refractivity contribution in [1.82, 2.24) is 4.31 Å². The highest BCUT2D eigenvalue weighted by Gasteiger charge is 2.24. The topological polar surface area (TPSA) is 78.5 Å². The Hall–Kier alpha value is -2.17. The summed E-state index contributed by atoms with van der Waals surface area (Å²) in [6, 6.07) is 12.6. The van der Waals surface area contributed by atoms with Gasteiger partial charge in [0.25, 0.3) is 5.76 Å². The fourth-order valence-electron chi connectivity index (χ4n) is 3.32. The van der Waals surface area contributed by atoms with E-state index in [-0.39, 0.29) is 16.3 Å². The van der Waals surface area contributed by atoms with Gasteiger partial charge in [0, 0.05) is 23.7 Å². The second-order valence-corrected chi connectivity index (χ2v) is 10.1. The molecule has 1 aliphatic rings. The molecule has 3 rings (SSSR count). The van der Waals surface area contributed by atoms with Crippen molar-refractivity contribution >= 4 is 39.1 Å². The Kier molecular flexibility index (Phi) is 8.28. The van der Waals surface area contributed by atoms with Gasteiger partial charge in [-0.1, -0.05) is 36.7 Å². The van der Waals surface area contributed by atoms with Crippen LogP contribution in [0.1, 0.15) is 25.7 Å². The first-order valence-corrected chi connectivity index (χ1v) is 12.4. The molecule has 0 spiro atoms. The third kappa shape index (κ3) is 6.65. The van der Waals surface area contributed by atoms with E-state index in [1.165, 1.54) is 22.5 Å². The zero-order valence-corrected chi connectivity index (χ0v) is 18.5. The number of nitrogens with zero attached hydrogens (tertiary/aromatic N) is 1. The van der Waals surface area contributed by atoms with Gasteiger partial charge in [-0.15, -0.1) is 0 Å². The van der Waals surface area contributed by atoms with Crippen LogP contribution in [0.2, 0.25) is 0 Å². The van der Waals surface area contributed by atoms with Crippen LogP contribution >= 0.6 is 11.8 Å². The third-order valence-corrected chi connectivity index (χ3v) is 7.59. The standard InChI is InChI=1S/C21H25F2N3O3S2/c22-21(23)30-19-8-4-3-7-18(19)25-20(27)15-24-16-9-11-17(12-10-16)31(28,29)26-13-5-1-2-6-14-26/h3-4,7-12,21,24H,1-2,5-6,13-15H2,(H,25,27). The lowest BCUT2D eigenvalue weighted by molar-refractivity contribution is -0.114. The molecule has 0 unspecified atom stereocenters. The fourth-order valence-corrected chi connectivity index (χ4v) is 5.43. The van der Waals surface area contributed by atoms with Crippen LogP contribution in [0.25, 0.3) is 0 Å². The number of halogens is 2. The molecule has 168 valence electrons. The Morgan fingerprint density at radius 1 is 1.00 bits per heavy atom. The molecule has 0 aliphatic carbocycles. The SMILES string of the molecule is O=C(CNc1ccc(S(=O)(=O)N2CCCCCC2)cc1)Nc1ccccc1SC(F)F. The summed E-state index contributed by atoms with van der Waals surface area (Å²) in [5, 5.41) is 5.53. The Morgan fingerprint density at radius 3 is 2.29 bits per heavy atom. The van der Waals surface area contributed by atoms with E-state index in [9.17, 15) is 22.0 Å². The summed E-state index contributed by atoms with van der Waals surface area (Å²) in [6.45, 7) is 0.980. The van der Waals surface area contributed by atoms with Crippen LogP contribution < -0.4 is 10.6 Å². The maximum atomic E-state index is 12.8. The molecule has 6 nitrogen and oxygen atoms in total. The van der Waals surface area contributed by atoms with Gasteiger partial charge >= 0.3 is 0 Å². The zero-order chi connectivity index (χ0) is 22.3. The van der Waals surface area contributed by atoms with E-state index in [1.807, 2.05) is 0 Å². The van der Waals surface area contributed by atoms with Gasteiger partial charge in [0.05, 0.1) is 17.1 Å². The molecule has 0 radical (unpaired) electrons. The minimum Gasteiger partial charge on any atom is -0.376 e. The van der Waals surface area contributed by atoms with Crippen molar-refractivity contribution in [3.63, 3.8) is 0 Å². The third-order valence-electron chi connectivity index (χ3n) is 4.89. The molecule has 1 fully saturated rings.